The van der Waals surface area contributed by atoms with Crippen LogP contribution in [0.2, 0.25) is 0 Å². The summed E-state index contributed by atoms with van der Waals surface area (Å²) in [6, 6.07) is 7.67. The minimum absolute atomic E-state index is 0.0228. The molecule has 6 nitrogen and oxygen atoms in total. The van der Waals surface area contributed by atoms with Gasteiger partial charge in [0.2, 0.25) is 5.78 Å². The van der Waals surface area contributed by atoms with Gasteiger partial charge in [0.25, 0.3) is 5.56 Å². The first-order valence-electron chi connectivity index (χ1n) is 12.9. The lowest BCUT2D eigenvalue weighted by molar-refractivity contribution is -0.142. The molecule has 3 aromatic rings. The summed E-state index contributed by atoms with van der Waals surface area (Å²) in [7, 11) is 0. The number of carbonyl (C=O) groups excluding carboxylic acids is 1. The van der Waals surface area contributed by atoms with Crippen LogP contribution < -0.4 is 5.56 Å². The van der Waals surface area contributed by atoms with Gasteiger partial charge in [-0.25, -0.2) is 0 Å². The largest absolute Gasteiger partial charge is 0.298 e. The Morgan fingerprint density at radius 2 is 1.71 bits per heavy atom. The Balaban J connectivity index is 1.36. The van der Waals surface area contributed by atoms with Crippen LogP contribution in [-0.4, -0.2) is 30.2 Å². The van der Waals surface area contributed by atoms with E-state index >= 15 is 0 Å². The second kappa shape index (κ2) is 8.21. The molecule has 0 spiro atoms. The third-order valence-corrected chi connectivity index (χ3v) is 9.66. The number of thioether (sulfide) groups is 1. The quantitative estimate of drug-likeness (QED) is 0.428. The summed E-state index contributed by atoms with van der Waals surface area (Å²) in [6.45, 7) is 6.97. The number of carbonyl (C=O) groups is 1. The molecule has 4 bridgehead atoms. The van der Waals surface area contributed by atoms with Crippen molar-refractivity contribution in [3.8, 4) is 0 Å². The maximum Gasteiger partial charge on any atom is 0.262 e. The summed E-state index contributed by atoms with van der Waals surface area (Å²) in [5.74, 6) is 3.71. The minimum Gasteiger partial charge on any atom is -0.298 e. The minimum atomic E-state index is -0.182. The summed E-state index contributed by atoms with van der Waals surface area (Å²) in [6.07, 6.45) is 8.15. The van der Waals surface area contributed by atoms with Crippen LogP contribution in [0.3, 0.4) is 0 Å². The standard InChI is InChI=1S/C27H34N4O2S/c1-16(2)8-9-30-24(33)21-6-4-5-7-22(21)31-25(30)28-29-26(31)34-17(3)23(32)27-13-18-10-19(14-27)12-20(11-18)15-27/h4-7,16-20H,8-15H2,1-3H3. The van der Waals surface area contributed by atoms with E-state index in [1.54, 1.807) is 4.57 Å². The normalized spacial score (nSPS) is 28.9. The van der Waals surface area contributed by atoms with Crippen molar-refractivity contribution >= 4 is 34.2 Å². The summed E-state index contributed by atoms with van der Waals surface area (Å²) in [5, 5.41) is 10.2. The summed E-state index contributed by atoms with van der Waals surface area (Å²) in [5.41, 5.74) is 0.666. The number of hydrogen-bond acceptors (Lipinski definition) is 5. The first-order chi connectivity index (χ1) is 16.3. The molecule has 2 aromatic heterocycles. The highest BCUT2D eigenvalue weighted by Gasteiger charge is 2.55. The van der Waals surface area contributed by atoms with Gasteiger partial charge in [0.05, 0.1) is 16.2 Å². The lowest BCUT2D eigenvalue weighted by Crippen LogP contribution is -2.51. The molecule has 0 amide bonds. The number of para-hydroxylation sites is 1. The van der Waals surface area contributed by atoms with E-state index < -0.39 is 0 Å². The number of rotatable bonds is 7. The zero-order chi connectivity index (χ0) is 23.6. The zero-order valence-electron chi connectivity index (χ0n) is 20.4. The van der Waals surface area contributed by atoms with E-state index in [1.807, 2.05) is 35.6 Å². The van der Waals surface area contributed by atoms with Crippen LogP contribution in [-0.2, 0) is 11.3 Å². The molecular formula is C27H34N4O2S. The van der Waals surface area contributed by atoms with Gasteiger partial charge in [-0.3, -0.25) is 18.6 Å². The van der Waals surface area contributed by atoms with Gasteiger partial charge in [-0.15, -0.1) is 10.2 Å². The van der Waals surface area contributed by atoms with Crippen LogP contribution in [0.15, 0.2) is 34.2 Å². The van der Waals surface area contributed by atoms with Crippen molar-refractivity contribution in [2.24, 2.45) is 29.1 Å². The SMILES string of the molecule is CC(C)CCn1c(=O)c2ccccc2n2c(SC(C)C(=O)C34CC5CC(CC(C5)C3)C4)nnc12. The second-order valence-electron chi connectivity index (χ2n) is 11.6. The fraction of sp³-hybridized carbons (Fsp3) is 0.630. The van der Waals surface area contributed by atoms with Gasteiger partial charge in [-0.05, 0) is 87.7 Å². The van der Waals surface area contributed by atoms with Crippen LogP contribution >= 0.6 is 11.8 Å². The Hall–Kier alpha value is -2.15. The number of aryl methyl sites for hydroxylation is 1. The average molecular weight is 479 g/mol. The van der Waals surface area contributed by atoms with Crippen molar-refractivity contribution in [1.82, 2.24) is 19.2 Å². The molecule has 34 heavy (non-hydrogen) atoms. The Kier molecular flexibility index (Phi) is 5.39. The van der Waals surface area contributed by atoms with Gasteiger partial charge in [0.1, 0.15) is 0 Å². The molecule has 0 aliphatic heterocycles. The van der Waals surface area contributed by atoms with Crippen LogP contribution in [0.4, 0.5) is 0 Å². The number of hydrogen-bond donors (Lipinski definition) is 0. The molecule has 0 radical (unpaired) electrons. The zero-order valence-corrected chi connectivity index (χ0v) is 21.2. The Bertz CT molecular complexity index is 1290. The summed E-state index contributed by atoms with van der Waals surface area (Å²) < 4.78 is 3.75. The van der Waals surface area contributed by atoms with Gasteiger partial charge in [-0.2, -0.15) is 0 Å². The second-order valence-corrected chi connectivity index (χ2v) is 12.9. The van der Waals surface area contributed by atoms with Crippen molar-refractivity contribution in [3.63, 3.8) is 0 Å². The third kappa shape index (κ3) is 3.53. The predicted octanol–water partition coefficient (Wildman–Crippen LogP) is 5.36. The molecule has 1 atom stereocenters. The molecular weight excluding hydrogens is 444 g/mol. The van der Waals surface area contributed by atoms with Crippen molar-refractivity contribution in [2.75, 3.05) is 0 Å². The molecule has 4 saturated carbocycles. The number of fused-ring (bicyclic) bond motifs is 3. The maximum absolute atomic E-state index is 13.9. The highest BCUT2D eigenvalue weighted by molar-refractivity contribution is 8.00. The third-order valence-electron chi connectivity index (χ3n) is 8.62. The smallest absolute Gasteiger partial charge is 0.262 e. The van der Waals surface area contributed by atoms with Crippen LogP contribution in [0.5, 0.6) is 0 Å². The highest BCUT2D eigenvalue weighted by Crippen LogP contribution is 2.61. The van der Waals surface area contributed by atoms with Gasteiger partial charge < -0.3 is 0 Å². The molecule has 1 aromatic carbocycles. The molecule has 180 valence electrons. The maximum atomic E-state index is 13.9. The van der Waals surface area contributed by atoms with Crippen molar-refractivity contribution in [1.29, 1.82) is 0 Å². The molecule has 1 unspecified atom stereocenters. The van der Waals surface area contributed by atoms with E-state index in [9.17, 15) is 9.59 Å². The van der Waals surface area contributed by atoms with Gasteiger partial charge >= 0.3 is 0 Å². The average Bonchev–Trinajstić information content (AvgIpc) is 3.21. The molecule has 0 saturated heterocycles. The topological polar surface area (TPSA) is 69.3 Å². The molecule has 7 rings (SSSR count). The van der Waals surface area contributed by atoms with Crippen molar-refractivity contribution in [3.05, 3.63) is 34.6 Å². The molecule has 4 aliphatic rings. The van der Waals surface area contributed by atoms with Gasteiger partial charge in [0, 0.05) is 12.0 Å². The van der Waals surface area contributed by atoms with E-state index in [2.05, 4.69) is 24.0 Å². The molecule has 4 fully saturated rings. The highest BCUT2D eigenvalue weighted by atomic mass is 32.2. The molecule has 0 N–H and O–H groups in total. The van der Waals surface area contributed by atoms with Gasteiger partial charge in [-0.1, -0.05) is 37.7 Å². The molecule has 4 aliphatic carbocycles. The number of aromatic nitrogens is 4. The predicted molar refractivity (Wildman–Crippen MR) is 135 cm³/mol. The number of nitrogens with zero attached hydrogens (tertiary/aromatic N) is 4. The molecule has 7 heteroatoms. The van der Waals surface area contributed by atoms with Gasteiger partial charge in [0.15, 0.2) is 10.9 Å². The first kappa shape index (κ1) is 22.3. The van der Waals surface area contributed by atoms with Crippen LogP contribution in [0.25, 0.3) is 16.7 Å². The summed E-state index contributed by atoms with van der Waals surface area (Å²) in [4.78, 5) is 27.2. The number of ketones is 1. The van der Waals surface area contributed by atoms with E-state index in [0.717, 1.165) is 49.0 Å². The van der Waals surface area contributed by atoms with E-state index in [1.165, 1.54) is 31.0 Å². The van der Waals surface area contributed by atoms with Crippen molar-refractivity contribution in [2.45, 2.75) is 82.7 Å². The first-order valence-corrected chi connectivity index (χ1v) is 13.8. The Morgan fingerprint density at radius 3 is 2.35 bits per heavy atom. The monoisotopic (exact) mass is 478 g/mol. The lowest BCUT2D eigenvalue weighted by atomic mass is 9.48. The van der Waals surface area contributed by atoms with Crippen molar-refractivity contribution < 1.29 is 4.79 Å². The van der Waals surface area contributed by atoms with Crippen LogP contribution in [0, 0.1) is 29.1 Å². The fourth-order valence-corrected chi connectivity index (χ4v) is 8.50. The van der Waals surface area contributed by atoms with E-state index in [4.69, 9.17) is 0 Å². The molecule has 2 heterocycles. The van der Waals surface area contributed by atoms with E-state index in [-0.39, 0.29) is 16.2 Å². The Morgan fingerprint density at radius 1 is 1.06 bits per heavy atom. The fourth-order valence-electron chi connectivity index (χ4n) is 7.45. The number of benzene rings is 1. The summed E-state index contributed by atoms with van der Waals surface area (Å²) >= 11 is 1.52. The lowest BCUT2D eigenvalue weighted by Gasteiger charge is -2.56. The van der Waals surface area contributed by atoms with E-state index in [0.29, 0.717) is 34.6 Å². The van der Waals surface area contributed by atoms with Crippen LogP contribution in [0.1, 0.15) is 65.7 Å². The number of Topliss-reactive ketones (excluding diaryl/α,β-unsaturated/α-hetero) is 1. The Labute approximate surface area is 204 Å².